The van der Waals surface area contributed by atoms with E-state index < -0.39 is 0 Å². The number of benzene rings is 2. The van der Waals surface area contributed by atoms with E-state index in [1.807, 2.05) is 0 Å². The minimum Gasteiger partial charge on any atom is -0.292 e. The van der Waals surface area contributed by atoms with Gasteiger partial charge in [0.25, 0.3) is 0 Å². The van der Waals surface area contributed by atoms with E-state index in [0.717, 1.165) is 42.8 Å². The van der Waals surface area contributed by atoms with Crippen molar-refractivity contribution in [2.45, 2.75) is 51.2 Å². The van der Waals surface area contributed by atoms with Crippen molar-refractivity contribution in [1.82, 2.24) is 4.90 Å². The number of hydrogen-bond acceptors (Lipinski definition) is 1. The van der Waals surface area contributed by atoms with Crippen LogP contribution in [0.1, 0.15) is 48.8 Å². The van der Waals surface area contributed by atoms with Crippen molar-refractivity contribution in [1.29, 1.82) is 0 Å². The Kier molecular flexibility index (Phi) is 3.87. The van der Waals surface area contributed by atoms with Gasteiger partial charge in [-0.25, -0.2) is 0 Å². The van der Waals surface area contributed by atoms with Crippen molar-refractivity contribution in [3.63, 3.8) is 0 Å². The predicted octanol–water partition coefficient (Wildman–Crippen LogP) is 6.31. The molecule has 0 aromatic heterocycles. The Morgan fingerprint density at radius 2 is 1.64 bits per heavy atom. The van der Waals surface area contributed by atoms with Gasteiger partial charge >= 0.3 is 0 Å². The topological polar surface area (TPSA) is 3.24 Å². The maximum atomic E-state index is 2.65. The summed E-state index contributed by atoms with van der Waals surface area (Å²) in [6.07, 6.45) is 13.2. The Hall–Kier alpha value is -2.12. The molecule has 2 aromatic carbocycles. The second kappa shape index (κ2) is 6.46. The third-order valence-electron chi connectivity index (χ3n) is 7.60. The molecule has 0 spiro atoms. The largest absolute Gasteiger partial charge is 0.292 e. The summed E-state index contributed by atoms with van der Waals surface area (Å²) in [5, 5.41) is 0. The fourth-order valence-electron chi connectivity index (χ4n) is 5.76. The molecule has 2 fully saturated rings. The summed E-state index contributed by atoms with van der Waals surface area (Å²) < 4.78 is 0. The first kappa shape index (κ1) is 16.8. The molecule has 0 radical (unpaired) electrons. The van der Waals surface area contributed by atoms with E-state index in [1.165, 1.54) is 41.5 Å². The maximum Gasteiger partial charge on any atom is 0.0243 e. The molecule has 1 unspecified atom stereocenters. The van der Waals surface area contributed by atoms with Crippen LogP contribution in [0.3, 0.4) is 0 Å². The molecule has 1 nitrogen and oxygen atoms in total. The Labute approximate surface area is 168 Å². The molecule has 0 N–H and O–H groups in total. The fourth-order valence-corrected chi connectivity index (χ4v) is 5.76. The highest BCUT2D eigenvalue weighted by Gasteiger charge is 2.50. The van der Waals surface area contributed by atoms with Crippen molar-refractivity contribution < 1.29 is 0 Å². The van der Waals surface area contributed by atoms with E-state index in [1.54, 1.807) is 5.56 Å². The average molecular weight is 368 g/mol. The number of fused-ring (bicyclic) bond motifs is 1. The summed E-state index contributed by atoms with van der Waals surface area (Å²) >= 11 is 0. The summed E-state index contributed by atoms with van der Waals surface area (Å²) in [6.45, 7) is 4.74. The highest BCUT2D eigenvalue weighted by atomic mass is 15.2. The lowest BCUT2D eigenvalue weighted by molar-refractivity contribution is 0.273. The van der Waals surface area contributed by atoms with E-state index in [9.17, 15) is 0 Å². The van der Waals surface area contributed by atoms with Gasteiger partial charge in [-0.05, 0) is 76.8 Å². The average Bonchev–Trinajstić information content (AvgIpc) is 3.65. The van der Waals surface area contributed by atoms with Gasteiger partial charge in [0.1, 0.15) is 0 Å². The van der Waals surface area contributed by atoms with Crippen LogP contribution < -0.4 is 0 Å². The van der Waals surface area contributed by atoms with Crippen LogP contribution in [0.5, 0.6) is 0 Å². The third kappa shape index (κ3) is 2.88. The molecule has 28 heavy (non-hydrogen) atoms. The maximum absolute atomic E-state index is 2.65. The second-order valence-electron chi connectivity index (χ2n) is 9.42. The molecular weight excluding hydrogens is 338 g/mol. The first-order valence-electron chi connectivity index (χ1n) is 11.1. The number of hydrogen-bond donors (Lipinski definition) is 0. The Balaban J connectivity index is 1.19. The molecule has 2 aromatic rings. The molecule has 4 aliphatic rings. The van der Waals surface area contributed by atoms with Gasteiger partial charge in [-0.15, -0.1) is 0 Å². The summed E-state index contributed by atoms with van der Waals surface area (Å²) in [5.74, 6) is 3.10. The van der Waals surface area contributed by atoms with Crippen molar-refractivity contribution in [2.24, 2.45) is 17.8 Å². The van der Waals surface area contributed by atoms with Crippen LogP contribution in [-0.2, 0) is 13.1 Å². The monoisotopic (exact) mass is 367 g/mol. The van der Waals surface area contributed by atoms with E-state index >= 15 is 0 Å². The van der Waals surface area contributed by atoms with E-state index in [2.05, 4.69) is 78.6 Å². The SMILES string of the molecule is C[C@H]1[C@H](c2ccc(-c3ccc4c(c3)CN(C3CC3)C4)cc2)[C@H]1C1C=CC=CC1. The van der Waals surface area contributed by atoms with Crippen molar-refractivity contribution in [3.05, 3.63) is 83.5 Å². The van der Waals surface area contributed by atoms with Gasteiger partial charge in [-0.2, -0.15) is 0 Å². The molecule has 0 amide bonds. The highest BCUT2D eigenvalue weighted by molar-refractivity contribution is 5.66. The van der Waals surface area contributed by atoms with Gasteiger partial charge in [0.05, 0.1) is 0 Å². The summed E-state index contributed by atoms with van der Waals surface area (Å²) in [6, 6.07) is 17.5. The molecule has 2 saturated carbocycles. The van der Waals surface area contributed by atoms with Gasteiger partial charge in [0.15, 0.2) is 0 Å². The molecule has 4 atom stereocenters. The Bertz CT molecular complexity index is 947. The molecule has 3 aliphatic carbocycles. The molecule has 1 heterocycles. The lowest BCUT2D eigenvalue weighted by Crippen LogP contribution is -2.18. The Morgan fingerprint density at radius 3 is 2.39 bits per heavy atom. The Morgan fingerprint density at radius 1 is 0.857 bits per heavy atom. The summed E-state index contributed by atoms with van der Waals surface area (Å²) in [5.41, 5.74) is 7.36. The fraction of sp³-hybridized carbons (Fsp3) is 0.407. The van der Waals surface area contributed by atoms with Crippen LogP contribution in [0, 0.1) is 17.8 Å². The molecule has 0 saturated heterocycles. The zero-order valence-corrected chi connectivity index (χ0v) is 16.7. The van der Waals surface area contributed by atoms with Crippen molar-refractivity contribution in [3.8, 4) is 11.1 Å². The van der Waals surface area contributed by atoms with Crippen molar-refractivity contribution in [2.75, 3.05) is 0 Å². The molecular formula is C27H29N. The minimum absolute atomic E-state index is 0.732. The van der Waals surface area contributed by atoms with E-state index in [-0.39, 0.29) is 0 Å². The summed E-state index contributed by atoms with van der Waals surface area (Å²) in [7, 11) is 0. The molecule has 142 valence electrons. The predicted molar refractivity (Wildman–Crippen MR) is 116 cm³/mol. The first-order chi connectivity index (χ1) is 13.8. The summed E-state index contributed by atoms with van der Waals surface area (Å²) in [4.78, 5) is 2.65. The van der Waals surface area contributed by atoms with Crippen LogP contribution in [0.2, 0.25) is 0 Å². The van der Waals surface area contributed by atoms with Gasteiger partial charge in [0, 0.05) is 19.1 Å². The van der Waals surface area contributed by atoms with Crippen LogP contribution in [0.15, 0.2) is 66.8 Å². The van der Waals surface area contributed by atoms with Gasteiger partial charge in [0.2, 0.25) is 0 Å². The molecule has 0 bridgehead atoms. The minimum atomic E-state index is 0.732. The lowest BCUT2D eigenvalue weighted by Gasteiger charge is -2.13. The third-order valence-corrected chi connectivity index (χ3v) is 7.60. The standard InChI is InChI=1S/C27H29N/c1-18-26(20-5-3-2-4-6-20)27(18)21-9-7-19(8-10-21)22-11-12-23-16-28(25-13-14-25)17-24(23)15-22/h2-5,7-12,15,18,20,25-27H,6,13-14,16-17H2,1H3/t18-,20?,26-,27-/m1/s1. The van der Waals surface area contributed by atoms with Gasteiger partial charge in [-0.3, -0.25) is 4.90 Å². The number of rotatable bonds is 4. The smallest absolute Gasteiger partial charge is 0.0243 e. The molecule has 6 rings (SSSR count). The normalized spacial score (nSPS) is 31.2. The lowest BCUT2D eigenvalue weighted by atomic mass is 9.92. The van der Waals surface area contributed by atoms with Crippen molar-refractivity contribution >= 4 is 0 Å². The van der Waals surface area contributed by atoms with Crippen LogP contribution in [0.4, 0.5) is 0 Å². The van der Waals surface area contributed by atoms with Crippen LogP contribution in [-0.4, -0.2) is 10.9 Å². The van der Waals surface area contributed by atoms with Crippen LogP contribution in [0.25, 0.3) is 11.1 Å². The molecule has 1 aliphatic heterocycles. The zero-order chi connectivity index (χ0) is 18.7. The van der Waals surface area contributed by atoms with Crippen LogP contribution >= 0.6 is 0 Å². The van der Waals surface area contributed by atoms with Gasteiger partial charge in [-0.1, -0.05) is 67.6 Å². The second-order valence-corrected chi connectivity index (χ2v) is 9.42. The number of nitrogens with zero attached hydrogens (tertiary/aromatic N) is 1. The van der Waals surface area contributed by atoms with Gasteiger partial charge < -0.3 is 0 Å². The van der Waals surface area contributed by atoms with E-state index in [0.29, 0.717) is 0 Å². The zero-order valence-electron chi connectivity index (χ0n) is 16.7. The highest BCUT2D eigenvalue weighted by Crippen LogP contribution is 2.59. The molecule has 1 heteroatoms. The quantitative estimate of drug-likeness (QED) is 0.612. The first-order valence-corrected chi connectivity index (χ1v) is 11.1. The van der Waals surface area contributed by atoms with E-state index in [4.69, 9.17) is 0 Å². The number of allylic oxidation sites excluding steroid dienone is 4.